The van der Waals surface area contributed by atoms with E-state index in [-0.39, 0.29) is 17.7 Å². The number of nitrogens with zero attached hydrogens (tertiary/aromatic N) is 1. The standard InChI is InChI=1S/C20H25N3O6/c1-12(19(24)21-11-14-5-4-8-28-14)22-20(25)16-10-18(29-23-16)15-9-13(26-2)6-7-17(15)27-3/h6-7,9-10,12,14H,4-5,8,11H2,1-3H3,(H,21,24)(H,22,25)/t12-,14+/m0/s1. The molecule has 0 spiro atoms. The first kappa shape index (κ1) is 20.7. The third-order valence-corrected chi connectivity index (χ3v) is 4.68. The zero-order chi connectivity index (χ0) is 20.8. The lowest BCUT2D eigenvalue weighted by Gasteiger charge is -2.15. The fourth-order valence-electron chi connectivity index (χ4n) is 3.02. The maximum Gasteiger partial charge on any atom is 0.274 e. The van der Waals surface area contributed by atoms with Crippen LogP contribution in [0.3, 0.4) is 0 Å². The van der Waals surface area contributed by atoms with E-state index in [9.17, 15) is 9.59 Å². The maximum atomic E-state index is 12.4. The molecule has 1 saturated heterocycles. The van der Waals surface area contributed by atoms with E-state index in [0.717, 1.165) is 19.4 Å². The van der Waals surface area contributed by atoms with Gasteiger partial charge in [-0.15, -0.1) is 0 Å². The number of aromatic nitrogens is 1. The van der Waals surface area contributed by atoms with Gasteiger partial charge in [0.25, 0.3) is 5.91 Å². The molecule has 1 aromatic carbocycles. The molecule has 9 nitrogen and oxygen atoms in total. The predicted octanol–water partition coefficient (Wildman–Crippen LogP) is 1.77. The van der Waals surface area contributed by atoms with Crippen molar-refractivity contribution in [3.8, 4) is 22.8 Å². The van der Waals surface area contributed by atoms with Gasteiger partial charge in [-0.2, -0.15) is 0 Å². The number of benzene rings is 1. The van der Waals surface area contributed by atoms with E-state index in [0.29, 0.717) is 29.4 Å². The molecule has 2 aromatic rings. The van der Waals surface area contributed by atoms with Crippen LogP contribution in [0, 0.1) is 0 Å². The number of amides is 2. The Morgan fingerprint density at radius 1 is 1.28 bits per heavy atom. The van der Waals surface area contributed by atoms with Gasteiger partial charge >= 0.3 is 0 Å². The van der Waals surface area contributed by atoms with E-state index in [2.05, 4.69) is 15.8 Å². The van der Waals surface area contributed by atoms with Crippen LogP contribution in [0.1, 0.15) is 30.3 Å². The molecule has 1 fully saturated rings. The quantitative estimate of drug-likeness (QED) is 0.691. The Hall–Kier alpha value is -3.07. The number of carbonyl (C=O) groups is 2. The van der Waals surface area contributed by atoms with E-state index in [1.807, 2.05) is 0 Å². The largest absolute Gasteiger partial charge is 0.497 e. The fourth-order valence-corrected chi connectivity index (χ4v) is 3.02. The predicted molar refractivity (Wildman–Crippen MR) is 104 cm³/mol. The Morgan fingerprint density at radius 3 is 2.79 bits per heavy atom. The Kier molecular flexibility index (Phi) is 6.71. The summed E-state index contributed by atoms with van der Waals surface area (Å²) in [5.74, 6) is 0.713. The molecule has 0 saturated carbocycles. The van der Waals surface area contributed by atoms with Crippen molar-refractivity contribution in [2.24, 2.45) is 0 Å². The van der Waals surface area contributed by atoms with Gasteiger partial charge in [0.2, 0.25) is 5.91 Å². The molecule has 3 rings (SSSR count). The first-order valence-corrected chi connectivity index (χ1v) is 9.41. The molecule has 0 bridgehead atoms. The molecule has 1 aliphatic heterocycles. The lowest BCUT2D eigenvalue weighted by molar-refractivity contribution is -0.123. The molecule has 2 heterocycles. The van der Waals surface area contributed by atoms with Gasteiger partial charge in [0.05, 0.1) is 25.9 Å². The van der Waals surface area contributed by atoms with Crippen molar-refractivity contribution in [2.45, 2.75) is 31.9 Å². The summed E-state index contributed by atoms with van der Waals surface area (Å²) in [5, 5.41) is 9.21. The van der Waals surface area contributed by atoms with Crippen molar-refractivity contribution in [3.05, 3.63) is 30.0 Å². The molecule has 1 aliphatic rings. The first-order chi connectivity index (χ1) is 14.0. The van der Waals surface area contributed by atoms with Crippen molar-refractivity contribution in [1.29, 1.82) is 0 Å². The van der Waals surface area contributed by atoms with Gasteiger partial charge in [-0.1, -0.05) is 5.16 Å². The summed E-state index contributed by atoms with van der Waals surface area (Å²) in [4.78, 5) is 24.6. The van der Waals surface area contributed by atoms with Crippen molar-refractivity contribution in [1.82, 2.24) is 15.8 Å². The number of hydrogen-bond donors (Lipinski definition) is 2. The van der Waals surface area contributed by atoms with Crippen LogP contribution >= 0.6 is 0 Å². The number of nitrogens with one attached hydrogen (secondary N) is 2. The summed E-state index contributed by atoms with van der Waals surface area (Å²) in [7, 11) is 3.09. The first-order valence-electron chi connectivity index (χ1n) is 9.41. The van der Waals surface area contributed by atoms with Gasteiger partial charge in [-0.3, -0.25) is 9.59 Å². The van der Waals surface area contributed by atoms with Crippen LogP contribution < -0.4 is 20.1 Å². The number of carbonyl (C=O) groups excluding carboxylic acids is 2. The van der Waals surface area contributed by atoms with Gasteiger partial charge in [0.1, 0.15) is 17.5 Å². The monoisotopic (exact) mass is 403 g/mol. The Balaban J connectivity index is 1.62. The molecule has 156 valence electrons. The summed E-state index contributed by atoms with van der Waals surface area (Å²) in [5.41, 5.74) is 0.657. The number of hydrogen-bond acceptors (Lipinski definition) is 7. The molecular formula is C20H25N3O6. The summed E-state index contributed by atoms with van der Waals surface area (Å²) in [6, 6.07) is 5.97. The average molecular weight is 403 g/mol. The second-order valence-electron chi connectivity index (χ2n) is 6.72. The summed E-state index contributed by atoms with van der Waals surface area (Å²) in [6.45, 7) is 2.76. The van der Waals surface area contributed by atoms with Crippen LogP contribution in [0.25, 0.3) is 11.3 Å². The maximum absolute atomic E-state index is 12.4. The van der Waals surface area contributed by atoms with E-state index in [1.165, 1.54) is 13.2 Å². The lowest BCUT2D eigenvalue weighted by atomic mass is 10.1. The van der Waals surface area contributed by atoms with Crippen molar-refractivity contribution < 1.29 is 28.3 Å². The van der Waals surface area contributed by atoms with E-state index < -0.39 is 11.9 Å². The molecule has 9 heteroatoms. The SMILES string of the molecule is COc1ccc(OC)c(-c2cc(C(=O)N[C@@H](C)C(=O)NC[C@H]3CCCO3)no2)c1. The van der Waals surface area contributed by atoms with Gasteiger partial charge in [-0.25, -0.2) is 0 Å². The number of ether oxygens (including phenoxy) is 3. The summed E-state index contributed by atoms with van der Waals surface area (Å²) >= 11 is 0. The molecule has 2 N–H and O–H groups in total. The highest BCUT2D eigenvalue weighted by Crippen LogP contribution is 2.33. The van der Waals surface area contributed by atoms with Gasteiger partial charge in [-0.05, 0) is 38.0 Å². The molecule has 2 amide bonds. The van der Waals surface area contributed by atoms with E-state index >= 15 is 0 Å². The molecule has 2 atom stereocenters. The minimum atomic E-state index is -0.726. The van der Waals surface area contributed by atoms with E-state index in [1.54, 1.807) is 32.2 Å². The van der Waals surface area contributed by atoms with Crippen LogP contribution in [0.5, 0.6) is 11.5 Å². The number of rotatable bonds is 8. The second kappa shape index (κ2) is 9.42. The molecule has 0 aliphatic carbocycles. The summed E-state index contributed by atoms with van der Waals surface area (Å²) in [6.07, 6.45) is 1.97. The zero-order valence-electron chi connectivity index (χ0n) is 16.7. The third-order valence-electron chi connectivity index (χ3n) is 4.68. The van der Waals surface area contributed by atoms with Crippen molar-refractivity contribution in [3.63, 3.8) is 0 Å². The molecule has 29 heavy (non-hydrogen) atoms. The van der Waals surface area contributed by atoms with Crippen LogP contribution in [-0.2, 0) is 9.53 Å². The van der Waals surface area contributed by atoms with E-state index in [4.69, 9.17) is 18.7 Å². The smallest absolute Gasteiger partial charge is 0.274 e. The van der Waals surface area contributed by atoms with Crippen LogP contribution in [0.4, 0.5) is 0 Å². The van der Waals surface area contributed by atoms with Gasteiger partial charge in [0.15, 0.2) is 11.5 Å². The lowest BCUT2D eigenvalue weighted by Crippen LogP contribution is -2.46. The second-order valence-corrected chi connectivity index (χ2v) is 6.72. The zero-order valence-corrected chi connectivity index (χ0v) is 16.7. The van der Waals surface area contributed by atoms with Crippen molar-refractivity contribution in [2.75, 3.05) is 27.4 Å². The highest BCUT2D eigenvalue weighted by Gasteiger charge is 2.22. The Labute approximate surface area is 168 Å². The highest BCUT2D eigenvalue weighted by atomic mass is 16.5. The fraction of sp³-hybridized carbons (Fsp3) is 0.450. The highest BCUT2D eigenvalue weighted by molar-refractivity contribution is 5.96. The normalized spacial score (nSPS) is 16.9. The van der Waals surface area contributed by atoms with Gasteiger partial charge in [0, 0.05) is 19.2 Å². The Bertz CT molecular complexity index is 860. The minimum absolute atomic E-state index is 0.0396. The Morgan fingerprint density at radius 2 is 2.10 bits per heavy atom. The molecule has 0 radical (unpaired) electrons. The minimum Gasteiger partial charge on any atom is -0.497 e. The summed E-state index contributed by atoms with van der Waals surface area (Å²) < 4.78 is 21.3. The molecule has 0 unspecified atom stereocenters. The van der Waals surface area contributed by atoms with Crippen LogP contribution in [-0.4, -0.2) is 56.5 Å². The van der Waals surface area contributed by atoms with Crippen molar-refractivity contribution >= 4 is 11.8 Å². The van der Waals surface area contributed by atoms with Crippen LogP contribution in [0.2, 0.25) is 0 Å². The average Bonchev–Trinajstić information content (AvgIpc) is 3.43. The van der Waals surface area contributed by atoms with Gasteiger partial charge < -0.3 is 29.4 Å². The molecular weight excluding hydrogens is 378 g/mol. The third kappa shape index (κ3) is 5.05. The topological polar surface area (TPSA) is 112 Å². The number of methoxy groups -OCH3 is 2. The van der Waals surface area contributed by atoms with Crippen LogP contribution in [0.15, 0.2) is 28.8 Å². The molecule has 1 aromatic heterocycles.